The molecule has 3 heterocycles. The summed E-state index contributed by atoms with van der Waals surface area (Å²) in [5.74, 6) is 1.12. The molecule has 0 unspecified atom stereocenters. The monoisotopic (exact) mass is 375 g/mol. The number of carbonyl (C=O) groups is 1. The second kappa shape index (κ2) is 6.92. The number of aryl methyl sites for hydroxylation is 2. The number of imidazole rings is 1. The highest BCUT2D eigenvalue weighted by Crippen LogP contribution is 2.29. The minimum absolute atomic E-state index is 0.107. The van der Waals surface area contributed by atoms with Crippen LogP contribution in [0.25, 0.3) is 28.1 Å². The highest BCUT2D eigenvalue weighted by molar-refractivity contribution is 5.95. The van der Waals surface area contributed by atoms with E-state index in [1.807, 2.05) is 49.4 Å². The SMILES string of the molecule is CCNC(=O)c1cccc(-c2nc(C)c3c(C)nc4ccc(OC)nc4n23)c1. The minimum Gasteiger partial charge on any atom is -0.481 e. The number of hydrogen-bond donors (Lipinski definition) is 1. The molecule has 1 amide bonds. The van der Waals surface area contributed by atoms with Crippen LogP contribution in [0.1, 0.15) is 28.7 Å². The van der Waals surface area contributed by atoms with Crippen molar-refractivity contribution in [2.45, 2.75) is 20.8 Å². The van der Waals surface area contributed by atoms with Crippen LogP contribution in [0.4, 0.5) is 0 Å². The van der Waals surface area contributed by atoms with E-state index in [0.29, 0.717) is 23.6 Å². The first kappa shape index (κ1) is 17.9. The first-order valence-corrected chi connectivity index (χ1v) is 9.12. The Morgan fingerprint density at radius 2 is 1.89 bits per heavy atom. The Labute approximate surface area is 162 Å². The quantitative estimate of drug-likeness (QED) is 0.592. The molecule has 0 bridgehead atoms. The number of nitrogens with one attached hydrogen (secondary N) is 1. The van der Waals surface area contributed by atoms with Gasteiger partial charge in [-0.25, -0.2) is 9.97 Å². The molecule has 4 aromatic rings. The second-order valence-electron chi connectivity index (χ2n) is 6.54. The van der Waals surface area contributed by atoms with Gasteiger partial charge in [0.15, 0.2) is 5.65 Å². The van der Waals surface area contributed by atoms with Crippen molar-refractivity contribution >= 4 is 22.6 Å². The van der Waals surface area contributed by atoms with Crippen molar-refractivity contribution in [2.75, 3.05) is 13.7 Å². The molecule has 0 spiro atoms. The van der Waals surface area contributed by atoms with Gasteiger partial charge in [-0.2, -0.15) is 4.98 Å². The van der Waals surface area contributed by atoms with Gasteiger partial charge in [0.25, 0.3) is 5.91 Å². The summed E-state index contributed by atoms with van der Waals surface area (Å²) in [5.41, 5.74) is 5.48. The average Bonchev–Trinajstić information content (AvgIpc) is 3.06. The van der Waals surface area contributed by atoms with E-state index in [1.165, 1.54) is 0 Å². The van der Waals surface area contributed by atoms with Crippen LogP contribution in [-0.4, -0.2) is 38.9 Å². The molecule has 0 radical (unpaired) electrons. The maximum Gasteiger partial charge on any atom is 0.251 e. The second-order valence-corrected chi connectivity index (χ2v) is 6.54. The van der Waals surface area contributed by atoms with Gasteiger partial charge in [0.2, 0.25) is 5.88 Å². The lowest BCUT2D eigenvalue weighted by Crippen LogP contribution is -2.22. The number of benzene rings is 1. The third kappa shape index (κ3) is 2.85. The lowest BCUT2D eigenvalue weighted by atomic mass is 10.1. The summed E-state index contributed by atoms with van der Waals surface area (Å²) < 4.78 is 7.30. The number of carbonyl (C=O) groups excluding carboxylic acids is 1. The van der Waals surface area contributed by atoms with E-state index in [1.54, 1.807) is 19.2 Å². The number of nitrogens with zero attached hydrogens (tertiary/aromatic N) is 4. The van der Waals surface area contributed by atoms with Gasteiger partial charge >= 0.3 is 0 Å². The Morgan fingerprint density at radius 1 is 1.11 bits per heavy atom. The molecule has 0 aliphatic carbocycles. The van der Waals surface area contributed by atoms with Gasteiger partial charge in [0.05, 0.1) is 24.0 Å². The van der Waals surface area contributed by atoms with Gasteiger partial charge in [-0.15, -0.1) is 0 Å². The normalized spacial score (nSPS) is 11.1. The zero-order chi connectivity index (χ0) is 19.8. The third-order valence-electron chi connectivity index (χ3n) is 4.65. The summed E-state index contributed by atoms with van der Waals surface area (Å²) in [6, 6.07) is 11.1. The first-order chi connectivity index (χ1) is 13.5. The number of ether oxygens (including phenoxy) is 1. The number of methoxy groups -OCH3 is 1. The fourth-order valence-corrected chi connectivity index (χ4v) is 3.44. The highest BCUT2D eigenvalue weighted by Gasteiger charge is 2.18. The Bertz CT molecular complexity index is 1210. The van der Waals surface area contributed by atoms with Gasteiger partial charge in [-0.1, -0.05) is 12.1 Å². The molecule has 0 fully saturated rings. The number of amides is 1. The zero-order valence-electron chi connectivity index (χ0n) is 16.3. The van der Waals surface area contributed by atoms with Gasteiger partial charge in [0.1, 0.15) is 11.3 Å². The smallest absolute Gasteiger partial charge is 0.251 e. The molecule has 7 heteroatoms. The standard InChI is InChI=1S/C21H21N5O2/c1-5-22-21(27)15-8-6-7-14(11-15)19-24-13(3)18-12(2)23-16-9-10-17(28-4)25-20(16)26(18)19/h6-11H,5H2,1-4H3,(H,22,27). The van der Waals surface area contributed by atoms with Crippen molar-refractivity contribution in [3.63, 3.8) is 0 Å². The van der Waals surface area contributed by atoms with Crippen molar-refractivity contribution in [1.29, 1.82) is 0 Å². The average molecular weight is 375 g/mol. The number of rotatable bonds is 4. The topological polar surface area (TPSA) is 81.4 Å². The predicted molar refractivity (Wildman–Crippen MR) is 108 cm³/mol. The Morgan fingerprint density at radius 3 is 2.64 bits per heavy atom. The molecule has 0 aliphatic heterocycles. The number of aromatic nitrogens is 4. The summed E-state index contributed by atoms with van der Waals surface area (Å²) in [7, 11) is 1.59. The Kier molecular flexibility index (Phi) is 4.43. The van der Waals surface area contributed by atoms with Crippen LogP contribution in [0, 0.1) is 13.8 Å². The zero-order valence-corrected chi connectivity index (χ0v) is 16.3. The maximum absolute atomic E-state index is 12.3. The number of hydrogen-bond acceptors (Lipinski definition) is 5. The summed E-state index contributed by atoms with van der Waals surface area (Å²) in [4.78, 5) is 26.3. The minimum atomic E-state index is -0.107. The van der Waals surface area contributed by atoms with Crippen molar-refractivity contribution in [3.05, 3.63) is 53.3 Å². The van der Waals surface area contributed by atoms with Gasteiger partial charge in [-0.3, -0.25) is 9.20 Å². The molecule has 1 N–H and O–H groups in total. The molecule has 0 saturated carbocycles. The largest absolute Gasteiger partial charge is 0.481 e. The van der Waals surface area contributed by atoms with Crippen molar-refractivity contribution in [2.24, 2.45) is 0 Å². The van der Waals surface area contributed by atoms with Crippen molar-refractivity contribution in [3.8, 4) is 17.3 Å². The molecule has 3 aromatic heterocycles. The Balaban J connectivity index is 2.03. The van der Waals surface area contributed by atoms with Gasteiger partial charge in [0, 0.05) is 23.7 Å². The van der Waals surface area contributed by atoms with E-state index in [4.69, 9.17) is 9.72 Å². The lowest BCUT2D eigenvalue weighted by molar-refractivity contribution is 0.0956. The van der Waals surface area contributed by atoms with E-state index in [0.717, 1.165) is 33.8 Å². The Hall–Kier alpha value is -3.48. The van der Waals surface area contributed by atoms with Crippen molar-refractivity contribution < 1.29 is 9.53 Å². The number of pyridine rings is 1. The van der Waals surface area contributed by atoms with Crippen molar-refractivity contribution in [1.82, 2.24) is 24.7 Å². The van der Waals surface area contributed by atoms with Crippen LogP contribution < -0.4 is 10.1 Å². The predicted octanol–water partition coefficient (Wildman–Crippen LogP) is 3.32. The maximum atomic E-state index is 12.3. The molecule has 4 rings (SSSR count). The summed E-state index contributed by atoms with van der Waals surface area (Å²) >= 11 is 0. The van der Waals surface area contributed by atoms with Gasteiger partial charge in [-0.05, 0) is 39.0 Å². The summed E-state index contributed by atoms with van der Waals surface area (Å²) in [5, 5.41) is 2.83. The lowest BCUT2D eigenvalue weighted by Gasteiger charge is -2.09. The third-order valence-corrected chi connectivity index (χ3v) is 4.65. The fraction of sp³-hybridized carbons (Fsp3) is 0.238. The van der Waals surface area contributed by atoms with Crippen LogP contribution in [0.5, 0.6) is 5.88 Å². The van der Waals surface area contributed by atoms with E-state index in [2.05, 4.69) is 15.3 Å². The van der Waals surface area contributed by atoms with Crippen LogP contribution >= 0.6 is 0 Å². The highest BCUT2D eigenvalue weighted by atomic mass is 16.5. The van der Waals surface area contributed by atoms with Crippen LogP contribution in [0.3, 0.4) is 0 Å². The number of fused-ring (bicyclic) bond motifs is 3. The van der Waals surface area contributed by atoms with Gasteiger partial charge < -0.3 is 10.1 Å². The molecule has 0 saturated heterocycles. The van der Waals surface area contributed by atoms with E-state index in [-0.39, 0.29) is 5.91 Å². The van der Waals surface area contributed by atoms with Crippen LogP contribution in [-0.2, 0) is 0 Å². The summed E-state index contributed by atoms with van der Waals surface area (Å²) in [6.45, 7) is 6.39. The molecule has 28 heavy (non-hydrogen) atoms. The molecule has 142 valence electrons. The van der Waals surface area contributed by atoms with Crippen LogP contribution in [0.2, 0.25) is 0 Å². The van der Waals surface area contributed by atoms with E-state index >= 15 is 0 Å². The van der Waals surface area contributed by atoms with E-state index < -0.39 is 0 Å². The molecule has 0 atom stereocenters. The molecule has 1 aromatic carbocycles. The first-order valence-electron chi connectivity index (χ1n) is 9.12. The fourth-order valence-electron chi connectivity index (χ4n) is 3.44. The molecule has 0 aliphatic rings. The molecular formula is C21H21N5O2. The summed E-state index contributed by atoms with van der Waals surface area (Å²) in [6.07, 6.45) is 0. The van der Waals surface area contributed by atoms with Crippen LogP contribution in [0.15, 0.2) is 36.4 Å². The molecular weight excluding hydrogens is 354 g/mol. The molecule has 7 nitrogen and oxygen atoms in total. The van der Waals surface area contributed by atoms with E-state index in [9.17, 15) is 4.79 Å².